The number of nitrogens with one attached hydrogen (secondary N) is 2. The highest BCUT2D eigenvalue weighted by molar-refractivity contribution is 5.97. The summed E-state index contributed by atoms with van der Waals surface area (Å²) in [5, 5.41) is 6.50. The average molecular weight is 351 g/mol. The van der Waals surface area contributed by atoms with Gasteiger partial charge in [0, 0.05) is 12.1 Å². The number of hydrogen-bond donors (Lipinski definition) is 2. The van der Waals surface area contributed by atoms with Crippen LogP contribution >= 0.6 is 0 Å². The predicted octanol–water partition coefficient (Wildman–Crippen LogP) is 1.32. The Morgan fingerprint density at radius 3 is 2.16 bits per heavy atom. The van der Waals surface area contributed by atoms with Crippen LogP contribution in [-0.4, -0.2) is 45.9 Å². The Morgan fingerprint density at radius 1 is 1.08 bits per heavy atom. The molecular weight excluding hydrogens is 326 g/mol. The van der Waals surface area contributed by atoms with Crippen molar-refractivity contribution in [3.8, 4) is 17.2 Å². The van der Waals surface area contributed by atoms with E-state index in [0.29, 0.717) is 35.3 Å². The number of rotatable bonds is 9. The summed E-state index contributed by atoms with van der Waals surface area (Å²) in [5.74, 6) is 0.905. The Morgan fingerprint density at radius 2 is 1.68 bits per heavy atom. The minimum atomic E-state index is -0.495. The predicted molar refractivity (Wildman–Crippen MR) is 94.3 cm³/mol. The van der Waals surface area contributed by atoms with Gasteiger partial charge in [-0.25, -0.2) is 5.43 Å². The van der Waals surface area contributed by atoms with Crippen molar-refractivity contribution >= 4 is 18.0 Å². The third-order valence-corrected chi connectivity index (χ3v) is 3.12. The summed E-state index contributed by atoms with van der Waals surface area (Å²) in [5.41, 5.74) is 2.95. The van der Waals surface area contributed by atoms with E-state index in [1.54, 1.807) is 12.1 Å². The monoisotopic (exact) mass is 351 g/mol. The first kappa shape index (κ1) is 20.3. The molecular formula is C17H25N3O5. The topological polar surface area (TPSA) is 98.2 Å². The highest BCUT2D eigenvalue weighted by Crippen LogP contribution is 2.37. The van der Waals surface area contributed by atoms with E-state index in [0.717, 1.165) is 0 Å². The van der Waals surface area contributed by atoms with E-state index in [1.807, 2.05) is 13.8 Å². The van der Waals surface area contributed by atoms with E-state index in [9.17, 15) is 9.59 Å². The number of benzene rings is 1. The molecule has 0 heterocycles. The van der Waals surface area contributed by atoms with E-state index in [2.05, 4.69) is 15.8 Å². The van der Waals surface area contributed by atoms with Crippen LogP contribution in [0.4, 0.5) is 0 Å². The molecule has 0 saturated heterocycles. The molecule has 0 aliphatic carbocycles. The second-order valence-electron chi connectivity index (χ2n) is 5.63. The molecule has 0 radical (unpaired) electrons. The van der Waals surface area contributed by atoms with Crippen LogP contribution in [0.2, 0.25) is 0 Å². The number of hydrogen-bond acceptors (Lipinski definition) is 6. The Labute approximate surface area is 147 Å². The minimum Gasteiger partial charge on any atom is -0.493 e. The quantitative estimate of drug-likeness (QED) is 0.397. The molecule has 2 amide bonds. The van der Waals surface area contributed by atoms with Crippen LogP contribution in [0.5, 0.6) is 17.2 Å². The SMILES string of the molecule is COc1cc(/C=N/NC(=O)CC(=O)NCC(C)C)cc(OC)c1OC. The largest absolute Gasteiger partial charge is 0.493 e. The molecule has 8 heteroatoms. The zero-order valence-corrected chi connectivity index (χ0v) is 15.2. The van der Waals surface area contributed by atoms with Crippen LogP contribution in [0.15, 0.2) is 17.2 Å². The van der Waals surface area contributed by atoms with E-state index in [1.165, 1.54) is 27.5 Å². The highest BCUT2D eigenvalue weighted by Gasteiger charge is 2.12. The fourth-order valence-electron chi connectivity index (χ4n) is 1.92. The first-order valence-corrected chi connectivity index (χ1v) is 7.79. The zero-order chi connectivity index (χ0) is 18.8. The lowest BCUT2D eigenvalue weighted by molar-refractivity contribution is -0.129. The Bertz CT molecular complexity index is 604. The van der Waals surface area contributed by atoms with Crippen LogP contribution in [0.25, 0.3) is 0 Å². The van der Waals surface area contributed by atoms with Gasteiger partial charge in [0.2, 0.25) is 17.6 Å². The summed E-state index contributed by atoms with van der Waals surface area (Å²) in [6.45, 7) is 4.48. The third-order valence-electron chi connectivity index (χ3n) is 3.12. The maximum absolute atomic E-state index is 11.7. The molecule has 2 N–H and O–H groups in total. The molecule has 0 unspecified atom stereocenters. The molecule has 0 aliphatic rings. The smallest absolute Gasteiger partial charge is 0.249 e. The Hall–Kier alpha value is -2.77. The molecule has 1 rings (SSSR count). The zero-order valence-electron chi connectivity index (χ0n) is 15.2. The van der Waals surface area contributed by atoms with Crippen LogP contribution in [-0.2, 0) is 9.59 Å². The number of methoxy groups -OCH3 is 3. The average Bonchev–Trinajstić information content (AvgIpc) is 2.58. The molecule has 0 atom stereocenters. The van der Waals surface area contributed by atoms with Gasteiger partial charge in [0.05, 0.1) is 27.5 Å². The van der Waals surface area contributed by atoms with Crippen molar-refractivity contribution in [3.63, 3.8) is 0 Å². The van der Waals surface area contributed by atoms with Gasteiger partial charge in [-0.15, -0.1) is 0 Å². The van der Waals surface area contributed by atoms with Gasteiger partial charge in [0.15, 0.2) is 11.5 Å². The van der Waals surface area contributed by atoms with Crippen LogP contribution in [0, 0.1) is 5.92 Å². The van der Waals surface area contributed by atoms with E-state index in [4.69, 9.17) is 14.2 Å². The second-order valence-corrected chi connectivity index (χ2v) is 5.63. The number of ether oxygens (including phenoxy) is 3. The van der Waals surface area contributed by atoms with Gasteiger partial charge < -0.3 is 19.5 Å². The maximum atomic E-state index is 11.7. The van der Waals surface area contributed by atoms with Gasteiger partial charge in [-0.3, -0.25) is 9.59 Å². The number of carbonyl (C=O) groups is 2. The summed E-state index contributed by atoms with van der Waals surface area (Å²) in [6.07, 6.45) is 1.15. The van der Waals surface area contributed by atoms with Gasteiger partial charge in [-0.1, -0.05) is 13.8 Å². The van der Waals surface area contributed by atoms with E-state index in [-0.39, 0.29) is 12.3 Å². The Balaban J connectivity index is 2.66. The van der Waals surface area contributed by atoms with Crippen molar-refractivity contribution in [2.45, 2.75) is 20.3 Å². The number of nitrogens with zero attached hydrogens (tertiary/aromatic N) is 1. The van der Waals surface area contributed by atoms with Gasteiger partial charge in [0.1, 0.15) is 6.42 Å². The van der Waals surface area contributed by atoms with Gasteiger partial charge in [-0.05, 0) is 18.1 Å². The molecule has 0 saturated carbocycles. The number of carbonyl (C=O) groups excluding carboxylic acids is 2. The maximum Gasteiger partial charge on any atom is 0.249 e. The summed E-state index contributed by atoms with van der Waals surface area (Å²) in [4.78, 5) is 23.2. The van der Waals surface area contributed by atoms with Crippen molar-refractivity contribution in [1.29, 1.82) is 0 Å². The van der Waals surface area contributed by atoms with Gasteiger partial charge in [-0.2, -0.15) is 5.10 Å². The lowest BCUT2D eigenvalue weighted by Crippen LogP contribution is -2.32. The van der Waals surface area contributed by atoms with E-state index >= 15 is 0 Å². The molecule has 0 fully saturated rings. The number of hydrazone groups is 1. The summed E-state index contributed by atoms with van der Waals surface area (Å²) in [7, 11) is 4.53. The summed E-state index contributed by atoms with van der Waals surface area (Å²) < 4.78 is 15.7. The molecule has 0 aliphatic heterocycles. The first-order chi connectivity index (χ1) is 11.9. The highest BCUT2D eigenvalue weighted by atomic mass is 16.5. The van der Waals surface area contributed by atoms with Crippen molar-refractivity contribution in [3.05, 3.63) is 17.7 Å². The molecule has 1 aromatic carbocycles. The van der Waals surface area contributed by atoms with Crippen LogP contribution in [0.3, 0.4) is 0 Å². The van der Waals surface area contributed by atoms with Crippen molar-refractivity contribution in [1.82, 2.24) is 10.7 Å². The minimum absolute atomic E-state index is 0.278. The molecule has 138 valence electrons. The molecule has 1 aromatic rings. The summed E-state index contributed by atoms with van der Waals surface area (Å²) in [6, 6.07) is 3.37. The first-order valence-electron chi connectivity index (χ1n) is 7.79. The second kappa shape index (κ2) is 10.2. The molecule has 0 aromatic heterocycles. The van der Waals surface area contributed by atoms with Crippen molar-refractivity contribution in [2.75, 3.05) is 27.9 Å². The van der Waals surface area contributed by atoms with Gasteiger partial charge in [0.25, 0.3) is 0 Å². The molecule has 0 spiro atoms. The third kappa shape index (κ3) is 6.70. The van der Waals surface area contributed by atoms with Crippen LogP contribution in [0.1, 0.15) is 25.8 Å². The van der Waals surface area contributed by atoms with Crippen molar-refractivity contribution in [2.24, 2.45) is 11.0 Å². The molecule has 25 heavy (non-hydrogen) atoms. The summed E-state index contributed by atoms with van der Waals surface area (Å²) >= 11 is 0. The van der Waals surface area contributed by atoms with Gasteiger partial charge >= 0.3 is 0 Å². The Kier molecular flexibility index (Phi) is 8.25. The standard InChI is InChI=1S/C17H25N3O5/c1-11(2)9-18-15(21)8-16(22)20-19-10-12-6-13(23-3)17(25-5)14(7-12)24-4/h6-7,10-11H,8-9H2,1-5H3,(H,18,21)(H,20,22)/b19-10+. The van der Waals surface area contributed by atoms with Crippen molar-refractivity contribution < 1.29 is 23.8 Å². The van der Waals surface area contributed by atoms with E-state index < -0.39 is 5.91 Å². The normalized spacial score (nSPS) is 10.6. The number of amides is 2. The van der Waals surface area contributed by atoms with Crippen LogP contribution < -0.4 is 25.0 Å². The lowest BCUT2D eigenvalue weighted by Gasteiger charge is -2.12. The lowest BCUT2D eigenvalue weighted by atomic mass is 10.2. The fourth-order valence-corrected chi connectivity index (χ4v) is 1.92. The molecule has 0 bridgehead atoms. The molecule has 8 nitrogen and oxygen atoms in total. The fraction of sp³-hybridized carbons (Fsp3) is 0.471.